The van der Waals surface area contributed by atoms with Crippen LogP contribution >= 0.6 is 23.2 Å². The summed E-state index contributed by atoms with van der Waals surface area (Å²) < 4.78 is 0. The standard InChI is InChI=1S/C18H16Cl2N2O2/c1-2-18(13-6-8-14(19)9-7-13)16(23)22(17(24)21-18)11-12-4-3-5-15(20)10-12/h3-10H,2,11H2,1H3,(H,21,24). The summed E-state index contributed by atoms with van der Waals surface area (Å²) in [5, 5.41) is 4.00. The Hall–Kier alpha value is -2.04. The van der Waals surface area contributed by atoms with Crippen molar-refractivity contribution in [3.63, 3.8) is 0 Å². The lowest BCUT2D eigenvalue weighted by molar-refractivity contribution is -0.132. The lowest BCUT2D eigenvalue weighted by Crippen LogP contribution is -2.43. The molecule has 1 heterocycles. The lowest BCUT2D eigenvalue weighted by Gasteiger charge is -2.26. The van der Waals surface area contributed by atoms with E-state index in [9.17, 15) is 9.59 Å². The van der Waals surface area contributed by atoms with Gasteiger partial charge in [-0.1, -0.05) is 54.4 Å². The maximum atomic E-state index is 13.0. The molecule has 24 heavy (non-hydrogen) atoms. The fourth-order valence-corrected chi connectivity index (χ4v) is 3.30. The van der Waals surface area contributed by atoms with Crippen molar-refractivity contribution in [1.82, 2.24) is 10.2 Å². The Morgan fingerprint density at radius 1 is 1.04 bits per heavy atom. The molecule has 3 amide bonds. The van der Waals surface area contributed by atoms with E-state index in [0.29, 0.717) is 16.5 Å². The van der Waals surface area contributed by atoms with Gasteiger partial charge < -0.3 is 5.32 Å². The van der Waals surface area contributed by atoms with Crippen molar-refractivity contribution in [2.24, 2.45) is 0 Å². The monoisotopic (exact) mass is 362 g/mol. The molecule has 2 aromatic carbocycles. The first-order chi connectivity index (χ1) is 11.5. The van der Waals surface area contributed by atoms with Crippen LogP contribution in [-0.2, 0) is 16.9 Å². The SMILES string of the molecule is CCC1(c2ccc(Cl)cc2)NC(=O)N(Cc2cccc(Cl)c2)C1=O. The molecule has 1 saturated heterocycles. The van der Waals surface area contributed by atoms with Gasteiger partial charge in [-0.3, -0.25) is 9.69 Å². The second-order valence-electron chi connectivity index (χ2n) is 5.72. The van der Waals surface area contributed by atoms with Gasteiger partial charge in [0.2, 0.25) is 0 Å². The van der Waals surface area contributed by atoms with Gasteiger partial charge in [-0.25, -0.2) is 4.79 Å². The molecule has 1 aliphatic rings. The molecule has 124 valence electrons. The molecule has 1 N–H and O–H groups in total. The summed E-state index contributed by atoms with van der Waals surface area (Å²) in [7, 11) is 0. The first-order valence-electron chi connectivity index (χ1n) is 7.61. The zero-order valence-corrected chi connectivity index (χ0v) is 14.6. The molecule has 0 aromatic heterocycles. The zero-order valence-electron chi connectivity index (χ0n) is 13.1. The van der Waals surface area contributed by atoms with Crippen LogP contribution in [0.4, 0.5) is 4.79 Å². The number of hydrogen-bond donors (Lipinski definition) is 1. The van der Waals surface area contributed by atoms with Gasteiger partial charge in [0, 0.05) is 10.0 Å². The van der Waals surface area contributed by atoms with Crippen LogP contribution < -0.4 is 5.32 Å². The van der Waals surface area contributed by atoms with Crippen molar-refractivity contribution in [1.29, 1.82) is 0 Å². The second kappa shape index (κ2) is 6.46. The number of hydrogen-bond acceptors (Lipinski definition) is 2. The summed E-state index contributed by atoms with van der Waals surface area (Å²) in [6.07, 6.45) is 0.450. The summed E-state index contributed by atoms with van der Waals surface area (Å²) in [6.45, 7) is 2.05. The number of imide groups is 1. The minimum absolute atomic E-state index is 0.181. The Morgan fingerprint density at radius 2 is 1.75 bits per heavy atom. The molecule has 0 saturated carbocycles. The molecular weight excluding hydrogens is 347 g/mol. The summed E-state index contributed by atoms with van der Waals surface area (Å²) in [5.41, 5.74) is 0.468. The Morgan fingerprint density at radius 3 is 2.38 bits per heavy atom. The third kappa shape index (κ3) is 2.87. The molecule has 1 atom stereocenters. The summed E-state index contributed by atoms with van der Waals surface area (Å²) in [6, 6.07) is 13.7. The van der Waals surface area contributed by atoms with Crippen molar-refractivity contribution in [3.8, 4) is 0 Å². The number of halogens is 2. The first-order valence-corrected chi connectivity index (χ1v) is 8.36. The predicted molar refractivity (Wildman–Crippen MR) is 94.0 cm³/mol. The van der Waals surface area contributed by atoms with Gasteiger partial charge in [0.25, 0.3) is 5.91 Å². The zero-order chi connectivity index (χ0) is 17.3. The van der Waals surface area contributed by atoms with E-state index >= 15 is 0 Å². The number of rotatable bonds is 4. The van der Waals surface area contributed by atoms with Crippen molar-refractivity contribution < 1.29 is 9.59 Å². The molecule has 0 aliphatic carbocycles. The number of urea groups is 1. The van der Waals surface area contributed by atoms with Crippen molar-refractivity contribution >= 4 is 35.1 Å². The largest absolute Gasteiger partial charge is 0.325 e. The molecule has 1 fully saturated rings. The van der Waals surface area contributed by atoms with Crippen LogP contribution in [0.5, 0.6) is 0 Å². The highest BCUT2D eigenvalue weighted by Gasteiger charge is 2.51. The molecule has 4 nitrogen and oxygen atoms in total. The minimum Gasteiger partial charge on any atom is -0.319 e. The molecule has 0 spiro atoms. The summed E-state index contributed by atoms with van der Waals surface area (Å²) in [4.78, 5) is 26.7. The van der Waals surface area contributed by atoms with Gasteiger partial charge in [-0.2, -0.15) is 0 Å². The Kier molecular flexibility index (Phi) is 4.52. The average Bonchev–Trinajstić information content (AvgIpc) is 2.81. The van der Waals surface area contributed by atoms with Gasteiger partial charge in [-0.05, 0) is 41.8 Å². The highest BCUT2D eigenvalue weighted by atomic mass is 35.5. The molecule has 6 heteroatoms. The minimum atomic E-state index is -1.06. The third-order valence-corrected chi connectivity index (χ3v) is 4.76. The molecule has 0 radical (unpaired) electrons. The van der Waals surface area contributed by atoms with Crippen LogP contribution in [-0.4, -0.2) is 16.8 Å². The maximum absolute atomic E-state index is 13.0. The normalized spacial score (nSPS) is 20.4. The van der Waals surface area contributed by atoms with E-state index in [1.54, 1.807) is 42.5 Å². The molecular formula is C18H16Cl2N2O2. The van der Waals surface area contributed by atoms with Crippen LogP contribution in [0.3, 0.4) is 0 Å². The predicted octanol–water partition coefficient (Wildman–Crippen LogP) is 4.35. The Bertz CT molecular complexity index is 792. The van der Waals surface area contributed by atoms with E-state index in [0.717, 1.165) is 11.1 Å². The maximum Gasteiger partial charge on any atom is 0.325 e. The van der Waals surface area contributed by atoms with Crippen LogP contribution in [0.2, 0.25) is 10.0 Å². The molecule has 0 bridgehead atoms. The van der Waals surface area contributed by atoms with Crippen LogP contribution in [0.25, 0.3) is 0 Å². The Labute approximate surface area is 150 Å². The van der Waals surface area contributed by atoms with E-state index in [2.05, 4.69) is 5.32 Å². The van der Waals surface area contributed by atoms with Crippen molar-refractivity contribution in [2.75, 3.05) is 0 Å². The van der Waals surface area contributed by atoms with E-state index in [1.165, 1.54) is 4.90 Å². The van der Waals surface area contributed by atoms with Gasteiger partial charge in [0.05, 0.1) is 6.54 Å². The number of benzene rings is 2. The smallest absolute Gasteiger partial charge is 0.319 e. The van der Waals surface area contributed by atoms with Gasteiger partial charge in [0.15, 0.2) is 0 Å². The van der Waals surface area contributed by atoms with Crippen LogP contribution in [0, 0.1) is 0 Å². The summed E-state index contributed by atoms with van der Waals surface area (Å²) >= 11 is 11.9. The lowest BCUT2D eigenvalue weighted by atomic mass is 9.87. The van der Waals surface area contributed by atoms with Crippen LogP contribution in [0.1, 0.15) is 24.5 Å². The molecule has 1 unspecified atom stereocenters. The topological polar surface area (TPSA) is 49.4 Å². The van der Waals surface area contributed by atoms with Crippen LogP contribution in [0.15, 0.2) is 48.5 Å². The number of carbonyl (C=O) groups is 2. The van der Waals surface area contributed by atoms with E-state index in [1.807, 2.05) is 13.0 Å². The highest BCUT2D eigenvalue weighted by molar-refractivity contribution is 6.30. The molecule has 3 rings (SSSR count). The number of nitrogens with one attached hydrogen (secondary N) is 1. The second-order valence-corrected chi connectivity index (χ2v) is 6.59. The van der Waals surface area contributed by atoms with E-state index < -0.39 is 11.6 Å². The van der Waals surface area contributed by atoms with Gasteiger partial charge in [-0.15, -0.1) is 0 Å². The van der Waals surface area contributed by atoms with Gasteiger partial charge in [0.1, 0.15) is 5.54 Å². The summed E-state index contributed by atoms with van der Waals surface area (Å²) in [5.74, 6) is -0.266. The van der Waals surface area contributed by atoms with Gasteiger partial charge >= 0.3 is 6.03 Å². The molecule has 2 aromatic rings. The van der Waals surface area contributed by atoms with Crippen molar-refractivity contribution in [2.45, 2.75) is 25.4 Å². The number of amides is 3. The number of nitrogens with zero attached hydrogens (tertiary/aromatic N) is 1. The Balaban J connectivity index is 1.93. The fourth-order valence-electron chi connectivity index (χ4n) is 2.96. The van der Waals surface area contributed by atoms with Crippen molar-refractivity contribution in [3.05, 3.63) is 69.7 Å². The number of carbonyl (C=O) groups excluding carboxylic acids is 2. The first kappa shape index (κ1) is 16.8. The molecule has 1 aliphatic heterocycles. The third-order valence-electron chi connectivity index (χ3n) is 4.27. The van der Waals surface area contributed by atoms with E-state index in [-0.39, 0.29) is 12.5 Å². The fraction of sp³-hybridized carbons (Fsp3) is 0.222. The quantitative estimate of drug-likeness (QED) is 0.821. The highest BCUT2D eigenvalue weighted by Crippen LogP contribution is 2.33. The average molecular weight is 363 g/mol. The van der Waals surface area contributed by atoms with E-state index in [4.69, 9.17) is 23.2 Å².